The van der Waals surface area contributed by atoms with Crippen molar-refractivity contribution in [3.05, 3.63) is 35.9 Å². The number of benzene rings is 1. The van der Waals surface area contributed by atoms with E-state index in [4.69, 9.17) is 0 Å². The minimum atomic E-state index is -3.02. The van der Waals surface area contributed by atoms with Crippen molar-refractivity contribution in [2.75, 3.05) is 39.5 Å². The predicted molar refractivity (Wildman–Crippen MR) is 105 cm³/mol. The number of rotatable bonds is 5. The maximum atomic E-state index is 11.7. The minimum absolute atomic E-state index is 0. The fraction of sp³-hybridized carbons (Fsp3) is 0.533. The molecule has 1 aromatic carbocycles. The smallest absolute Gasteiger partial charge is 0.214 e. The summed E-state index contributed by atoms with van der Waals surface area (Å²) in [5.41, 5.74) is 1.20. The maximum Gasteiger partial charge on any atom is 0.214 e. The standard InChI is InChI=1S/C15H24N4O2S.HI/c1-16-15(18(2)13-14-7-4-3-5-8-14)17-9-11-19-10-6-12-22(19,20)21;/h3-5,7-8H,6,9-13H2,1-2H3,(H,16,17);1H. The van der Waals surface area contributed by atoms with Crippen LogP contribution in [0.15, 0.2) is 35.3 Å². The normalized spacial score (nSPS) is 17.6. The van der Waals surface area contributed by atoms with Crippen LogP contribution < -0.4 is 5.32 Å². The molecule has 2 rings (SSSR count). The highest BCUT2D eigenvalue weighted by molar-refractivity contribution is 14.0. The molecule has 1 heterocycles. The summed E-state index contributed by atoms with van der Waals surface area (Å²) in [5.74, 6) is 1.04. The van der Waals surface area contributed by atoms with Gasteiger partial charge in [-0.1, -0.05) is 30.3 Å². The van der Waals surface area contributed by atoms with Crippen LogP contribution in [0.2, 0.25) is 0 Å². The zero-order chi connectivity index (χ0) is 16.0. The van der Waals surface area contributed by atoms with Gasteiger partial charge in [0.25, 0.3) is 0 Å². The number of halogens is 1. The lowest BCUT2D eigenvalue weighted by Crippen LogP contribution is -2.42. The van der Waals surface area contributed by atoms with Gasteiger partial charge in [0.2, 0.25) is 10.0 Å². The summed E-state index contributed by atoms with van der Waals surface area (Å²) in [7, 11) is 0.679. The highest BCUT2D eigenvalue weighted by Crippen LogP contribution is 2.11. The number of nitrogens with zero attached hydrogens (tertiary/aromatic N) is 3. The number of hydrogen-bond donors (Lipinski definition) is 1. The fourth-order valence-corrected chi connectivity index (χ4v) is 4.08. The lowest BCUT2D eigenvalue weighted by molar-refractivity contribution is 0.432. The van der Waals surface area contributed by atoms with Gasteiger partial charge in [-0.2, -0.15) is 0 Å². The summed E-state index contributed by atoms with van der Waals surface area (Å²) in [6.45, 7) is 2.43. The molecule has 130 valence electrons. The molecule has 1 aliphatic rings. The lowest BCUT2D eigenvalue weighted by atomic mass is 10.2. The van der Waals surface area contributed by atoms with Crippen LogP contribution in [0.1, 0.15) is 12.0 Å². The van der Waals surface area contributed by atoms with Gasteiger partial charge in [0, 0.05) is 40.3 Å². The molecule has 0 aliphatic carbocycles. The fourth-order valence-electron chi connectivity index (χ4n) is 2.55. The van der Waals surface area contributed by atoms with Gasteiger partial charge in [0.1, 0.15) is 0 Å². The van der Waals surface area contributed by atoms with Crippen molar-refractivity contribution >= 4 is 40.0 Å². The van der Waals surface area contributed by atoms with E-state index < -0.39 is 10.0 Å². The molecular formula is C15H25IN4O2S. The zero-order valence-electron chi connectivity index (χ0n) is 13.6. The van der Waals surface area contributed by atoms with Crippen LogP contribution in [0.4, 0.5) is 0 Å². The van der Waals surface area contributed by atoms with E-state index in [-0.39, 0.29) is 29.7 Å². The van der Waals surface area contributed by atoms with E-state index in [0.717, 1.165) is 18.9 Å². The Kier molecular flexibility index (Phi) is 8.27. The lowest BCUT2D eigenvalue weighted by Gasteiger charge is -2.23. The third-order valence-electron chi connectivity index (χ3n) is 3.68. The Hall–Kier alpha value is -0.870. The molecule has 0 amide bonds. The Bertz CT molecular complexity index is 607. The molecule has 1 fully saturated rings. The molecule has 0 spiro atoms. The van der Waals surface area contributed by atoms with E-state index in [2.05, 4.69) is 22.4 Å². The second-order valence-corrected chi connectivity index (χ2v) is 7.47. The number of nitrogens with one attached hydrogen (secondary N) is 1. The van der Waals surface area contributed by atoms with E-state index in [0.29, 0.717) is 19.6 Å². The van der Waals surface area contributed by atoms with E-state index in [9.17, 15) is 8.42 Å². The Balaban J connectivity index is 0.00000264. The van der Waals surface area contributed by atoms with E-state index in [1.807, 2.05) is 30.1 Å². The first kappa shape index (κ1) is 20.2. The second kappa shape index (κ2) is 9.43. The second-order valence-electron chi connectivity index (χ2n) is 5.38. The van der Waals surface area contributed by atoms with Crippen LogP contribution in [-0.2, 0) is 16.6 Å². The highest BCUT2D eigenvalue weighted by Gasteiger charge is 2.27. The first-order chi connectivity index (χ1) is 10.5. The number of hydrogen-bond acceptors (Lipinski definition) is 3. The summed E-state index contributed by atoms with van der Waals surface area (Å²) in [5, 5.41) is 3.22. The molecule has 8 heteroatoms. The average Bonchev–Trinajstić information content (AvgIpc) is 2.83. The molecular weight excluding hydrogens is 427 g/mol. The van der Waals surface area contributed by atoms with Crippen molar-refractivity contribution in [2.45, 2.75) is 13.0 Å². The van der Waals surface area contributed by atoms with Crippen molar-refractivity contribution in [3.8, 4) is 0 Å². The van der Waals surface area contributed by atoms with Gasteiger partial charge < -0.3 is 10.2 Å². The topological polar surface area (TPSA) is 65.0 Å². The van der Waals surface area contributed by atoms with Crippen molar-refractivity contribution in [2.24, 2.45) is 4.99 Å². The van der Waals surface area contributed by atoms with Crippen LogP contribution in [0.3, 0.4) is 0 Å². The molecule has 23 heavy (non-hydrogen) atoms. The molecule has 0 saturated carbocycles. The maximum absolute atomic E-state index is 11.7. The monoisotopic (exact) mass is 452 g/mol. The Morgan fingerprint density at radius 2 is 2.04 bits per heavy atom. The molecule has 1 aromatic rings. The van der Waals surface area contributed by atoms with Crippen LogP contribution in [-0.4, -0.2) is 63.1 Å². The first-order valence-corrected chi connectivity index (χ1v) is 9.07. The number of aliphatic imine (C=N–C) groups is 1. The summed E-state index contributed by atoms with van der Waals surface area (Å²) in [4.78, 5) is 6.27. The molecule has 0 unspecified atom stereocenters. The van der Waals surface area contributed by atoms with Gasteiger partial charge in [0.05, 0.1) is 5.75 Å². The molecule has 0 radical (unpaired) electrons. The van der Waals surface area contributed by atoms with Crippen LogP contribution in [0, 0.1) is 0 Å². The average molecular weight is 452 g/mol. The third kappa shape index (κ3) is 5.92. The predicted octanol–water partition coefficient (Wildman–Crippen LogP) is 1.35. The Labute approximate surface area is 156 Å². The molecule has 1 N–H and O–H groups in total. The molecule has 1 aliphatic heterocycles. The summed E-state index contributed by atoms with van der Waals surface area (Å²) >= 11 is 0. The molecule has 0 atom stereocenters. The third-order valence-corrected chi connectivity index (χ3v) is 5.64. The van der Waals surface area contributed by atoms with Crippen molar-refractivity contribution < 1.29 is 8.42 Å². The summed E-state index contributed by atoms with van der Waals surface area (Å²) in [6, 6.07) is 10.2. The zero-order valence-corrected chi connectivity index (χ0v) is 16.8. The quantitative estimate of drug-likeness (QED) is 0.416. The van der Waals surface area contributed by atoms with Gasteiger partial charge in [-0.05, 0) is 12.0 Å². The number of sulfonamides is 1. The first-order valence-electron chi connectivity index (χ1n) is 7.46. The van der Waals surface area contributed by atoms with Gasteiger partial charge in [0.15, 0.2) is 5.96 Å². The van der Waals surface area contributed by atoms with Crippen molar-refractivity contribution in [1.82, 2.24) is 14.5 Å². The number of guanidine groups is 1. The summed E-state index contributed by atoms with van der Waals surface area (Å²) < 4.78 is 25.0. The van der Waals surface area contributed by atoms with Crippen LogP contribution in [0.5, 0.6) is 0 Å². The van der Waals surface area contributed by atoms with Gasteiger partial charge in [-0.3, -0.25) is 4.99 Å². The molecule has 0 bridgehead atoms. The molecule has 6 nitrogen and oxygen atoms in total. The van der Waals surface area contributed by atoms with Crippen LogP contribution in [0.25, 0.3) is 0 Å². The van der Waals surface area contributed by atoms with Gasteiger partial charge >= 0.3 is 0 Å². The Morgan fingerprint density at radius 1 is 1.35 bits per heavy atom. The summed E-state index contributed by atoms with van der Waals surface area (Å²) in [6.07, 6.45) is 0.727. The SMILES string of the molecule is CN=C(NCCN1CCCS1(=O)=O)N(C)Cc1ccccc1.I. The van der Waals surface area contributed by atoms with Gasteiger partial charge in [-0.25, -0.2) is 12.7 Å². The van der Waals surface area contributed by atoms with E-state index in [1.165, 1.54) is 5.56 Å². The van der Waals surface area contributed by atoms with Crippen molar-refractivity contribution in [1.29, 1.82) is 0 Å². The van der Waals surface area contributed by atoms with E-state index >= 15 is 0 Å². The largest absolute Gasteiger partial charge is 0.355 e. The Morgan fingerprint density at radius 3 is 2.61 bits per heavy atom. The van der Waals surface area contributed by atoms with Gasteiger partial charge in [-0.15, -0.1) is 24.0 Å². The van der Waals surface area contributed by atoms with Crippen LogP contribution >= 0.6 is 24.0 Å². The molecule has 1 saturated heterocycles. The highest BCUT2D eigenvalue weighted by atomic mass is 127. The minimum Gasteiger partial charge on any atom is -0.355 e. The molecule has 0 aromatic heterocycles. The van der Waals surface area contributed by atoms with Crippen molar-refractivity contribution in [3.63, 3.8) is 0 Å². The van der Waals surface area contributed by atoms with E-state index in [1.54, 1.807) is 11.4 Å².